The van der Waals surface area contributed by atoms with Crippen molar-refractivity contribution in [2.75, 3.05) is 19.8 Å². The molecule has 1 unspecified atom stereocenters. The first-order valence-electron chi connectivity index (χ1n) is 7.96. The van der Waals surface area contributed by atoms with Gasteiger partial charge in [0.1, 0.15) is 11.3 Å². The molecule has 1 aromatic carbocycles. The van der Waals surface area contributed by atoms with E-state index in [2.05, 4.69) is 0 Å². The van der Waals surface area contributed by atoms with Crippen LogP contribution in [0.2, 0.25) is 0 Å². The predicted octanol–water partition coefficient (Wildman–Crippen LogP) is 3.47. The maximum absolute atomic E-state index is 11.7. The van der Waals surface area contributed by atoms with Gasteiger partial charge in [0.05, 0.1) is 6.61 Å². The summed E-state index contributed by atoms with van der Waals surface area (Å²) >= 11 is 0. The van der Waals surface area contributed by atoms with Crippen molar-refractivity contribution in [3.05, 3.63) is 39.7 Å². The summed E-state index contributed by atoms with van der Waals surface area (Å²) in [4.78, 5) is 11.7. The van der Waals surface area contributed by atoms with Crippen LogP contribution < -0.4 is 10.4 Å². The fourth-order valence-electron chi connectivity index (χ4n) is 3.00. The van der Waals surface area contributed by atoms with Crippen molar-refractivity contribution in [2.24, 2.45) is 5.92 Å². The Hall–Kier alpha value is -1.81. The first-order valence-corrected chi connectivity index (χ1v) is 7.96. The van der Waals surface area contributed by atoms with Crippen LogP contribution in [0, 0.1) is 12.8 Å². The lowest BCUT2D eigenvalue weighted by Crippen LogP contribution is -2.08. The van der Waals surface area contributed by atoms with E-state index in [1.807, 2.05) is 26.0 Å². The highest BCUT2D eigenvalue weighted by atomic mass is 16.5. The normalized spacial score (nSPS) is 18.0. The average Bonchev–Trinajstić information content (AvgIpc) is 3.02. The molecule has 3 rings (SSSR count). The van der Waals surface area contributed by atoms with Crippen molar-refractivity contribution in [3.8, 4) is 5.75 Å². The Morgan fingerprint density at radius 3 is 2.95 bits per heavy atom. The minimum atomic E-state index is -0.298. The Bertz CT molecular complexity index is 711. The zero-order valence-corrected chi connectivity index (χ0v) is 13.2. The molecule has 0 aliphatic carbocycles. The highest BCUT2D eigenvalue weighted by molar-refractivity contribution is 5.84. The highest BCUT2D eigenvalue weighted by Crippen LogP contribution is 2.29. The van der Waals surface area contributed by atoms with Gasteiger partial charge >= 0.3 is 5.63 Å². The quantitative estimate of drug-likeness (QED) is 0.794. The van der Waals surface area contributed by atoms with E-state index in [4.69, 9.17) is 13.9 Å². The molecule has 1 aliphatic heterocycles. The second kappa shape index (κ2) is 6.53. The van der Waals surface area contributed by atoms with Crippen LogP contribution in [0.3, 0.4) is 0 Å². The molecule has 0 N–H and O–H groups in total. The minimum Gasteiger partial charge on any atom is -0.493 e. The van der Waals surface area contributed by atoms with Gasteiger partial charge in [-0.1, -0.05) is 6.92 Å². The van der Waals surface area contributed by atoms with Crippen LogP contribution in [0.15, 0.2) is 27.4 Å². The maximum Gasteiger partial charge on any atom is 0.336 e. The molecule has 2 heterocycles. The fraction of sp³-hybridized carbons (Fsp3) is 0.500. The van der Waals surface area contributed by atoms with Gasteiger partial charge in [-0.2, -0.15) is 0 Å². The molecule has 1 fully saturated rings. The van der Waals surface area contributed by atoms with Gasteiger partial charge in [0.15, 0.2) is 0 Å². The van der Waals surface area contributed by atoms with Crippen LogP contribution in [-0.4, -0.2) is 19.8 Å². The van der Waals surface area contributed by atoms with E-state index in [0.717, 1.165) is 54.7 Å². The molecule has 4 heteroatoms. The molecule has 0 spiro atoms. The van der Waals surface area contributed by atoms with Gasteiger partial charge in [-0.25, -0.2) is 4.79 Å². The third kappa shape index (κ3) is 3.02. The summed E-state index contributed by atoms with van der Waals surface area (Å²) in [6.45, 7) is 6.36. The van der Waals surface area contributed by atoms with Gasteiger partial charge in [-0.05, 0) is 49.8 Å². The molecule has 1 aliphatic rings. The molecule has 1 aromatic heterocycles. The summed E-state index contributed by atoms with van der Waals surface area (Å²) in [5.41, 5.74) is 2.26. The molecular formula is C18H22O4. The molecule has 0 saturated carbocycles. The average molecular weight is 302 g/mol. The van der Waals surface area contributed by atoms with E-state index in [1.165, 1.54) is 0 Å². The molecule has 4 nitrogen and oxygen atoms in total. The maximum atomic E-state index is 11.7. The highest BCUT2D eigenvalue weighted by Gasteiger charge is 2.16. The zero-order chi connectivity index (χ0) is 15.5. The number of fused-ring (bicyclic) bond motifs is 1. The topological polar surface area (TPSA) is 48.7 Å². The number of ether oxygens (including phenoxy) is 2. The summed E-state index contributed by atoms with van der Waals surface area (Å²) in [5.74, 6) is 1.40. The smallest absolute Gasteiger partial charge is 0.336 e. The van der Waals surface area contributed by atoms with E-state index in [9.17, 15) is 4.79 Å². The van der Waals surface area contributed by atoms with Crippen LogP contribution in [-0.2, 0) is 11.2 Å². The molecule has 118 valence electrons. The molecule has 0 radical (unpaired) electrons. The van der Waals surface area contributed by atoms with Crippen molar-refractivity contribution in [1.82, 2.24) is 0 Å². The van der Waals surface area contributed by atoms with Gasteiger partial charge in [0.2, 0.25) is 0 Å². The van der Waals surface area contributed by atoms with Crippen LogP contribution in [0.25, 0.3) is 11.0 Å². The van der Waals surface area contributed by atoms with Crippen molar-refractivity contribution in [2.45, 2.75) is 33.1 Å². The Balaban J connectivity index is 1.81. The van der Waals surface area contributed by atoms with Crippen LogP contribution >= 0.6 is 0 Å². The molecule has 0 bridgehead atoms. The van der Waals surface area contributed by atoms with E-state index in [1.54, 1.807) is 6.07 Å². The van der Waals surface area contributed by atoms with Crippen molar-refractivity contribution >= 4 is 11.0 Å². The molecule has 0 amide bonds. The number of benzene rings is 1. The number of hydrogen-bond acceptors (Lipinski definition) is 4. The summed E-state index contributed by atoms with van der Waals surface area (Å²) in [5, 5.41) is 0.996. The lowest BCUT2D eigenvalue weighted by Gasteiger charge is -2.13. The monoisotopic (exact) mass is 302 g/mol. The standard InChI is InChI=1S/C18H22O4/c1-3-14-10-17(19)22-18-12(2)16(5-4-15(14)18)21-9-7-13-6-8-20-11-13/h4-5,10,13H,3,6-9,11H2,1-2H3. The minimum absolute atomic E-state index is 0.298. The van der Waals surface area contributed by atoms with Crippen LogP contribution in [0.4, 0.5) is 0 Å². The third-order valence-electron chi connectivity index (χ3n) is 4.39. The van der Waals surface area contributed by atoms with Crippen molar-refractivity contribution in [3.63, 3.8) is 0 Å². The lowest BCUT2D eigenvalue weighted by atomic mass is 10.0. The second-order valence-corrected chi connectivity index (χ2v) is 5.88. The predicted molar refractivity (Wildman–Crippen MR) is 85.6 cm³/mol. The Kier molecular flexibility index (Phi) is 4.48. The first-order chi connectivity index (χ1) is 10.7. The fourth-order valence-corrected chi connectivity index (χ4v) is 3.00. The van der Waals surface area contributed by atoms with Gasteiger partial charge < -0.3 is 13.9 Å². The van der Waals surface area contributed by atoms with Gasteiger partial charge in [-0.3, -0.25) is 0 Å². The summed E-state index contributed by atoms with van der Waals surface area (Å²) in [6.07, 6.45) is 2.93. The Labute approximate surface area is 130 Å². The van der Waals surface area contributed by atoms with Gasteiger partial charge in [-0.15, -0.1) is 0 Å². The third-order valence-corrected chi connectivity index (χ3v) is 4.39. The molecule has 1 saturated heterocycles. The van der Waals surface area contributed by atoms with Crippen LogP contribution in [0.5, 0.6) is 5.75 Å². The van der Waals surface area contributed by atoms with Gasteiger partial charge in [0.25, 0.3) is 0 Å². The lowest BCUT2D eigenvalue weighted by molar-refractivity contribution is 0.178. The number of aryl methyl sites for hydroxylation is 2. The SMILES string of the molecule is CCc1cc(=O)oc2c(C)c(OCCC3CCOC3)ccc12. The summed E-state index contributed by atoms with van der Waals surface area (Å²) in [6, 6.07) is 5.53. The first kappa shape index (κ1) is 15.1. The molecule has 2 aromatic rings. The molecule has 22 heavy (non-hydrogen) atoms. The summed E-state index contributed by atoms with van der Waals surface area (Å²) in [7, 11) is 0. The van der Waals surface area contributed by atoms with Gasteiger partial charge in [0, 0.05) is 30.2 Å². The van der Waals surface area contributed by atoms with E-state index >= 15 is 0 Å². The van der Waals surface area contributed by atoms with Crippen LogP contribution in [0.1, 0.15) is 30.9 Å². The Morgan fingerprint density at radius 2 is 2.23 bits per heavy atom. The Morgan fingerprint density at radius 1 is 1.36 bits per heavy atom. The van der Waals surface area contributed by atoms with Crippen molar-refractivity contribution < 1.29 is 13.9 Å². The zero-order valence-electron chi connectivity index (χ0n) is 13.2. The van der Waals surface area contributed by atoms with E-state index in [0.29, 0.717) is 18.1 Å². The molecular weight excluding hydrogens is 280 g/mol. The summed E-state index contributed by atoms with van der Waals surface area (Å²) < 4.78 is 16.7. The number of rotatable bonds is 5. The van der Waals surface area contributed by atoms with Crippen molar-refractivity contribution in [1.29, 1.82) is 0 Å². The second-order valence-electron chi connectivity index (χ2n) is 5.88. The molecule has 1 atom stereocenters. The van der Waals surface area contributed by atoms with E-state index in [-0.39, 0.29) is 5.63 Å². The van der Waals surface area contributed by atoms with E-state index < -0.39 is 0 Å². The number of hydrogen-bond donors (Lipinski definition) is 0. The largest absolute Gasteiger partial charge is 0.493 e.